The van der Waals surface area contributed by atoms with E-state index in [4.69, 9.17) is 18.9 Å². The number of rotatable bonds is 3. The van der Waals surface area contributed by atoms with Crippen molar-refractivity contribution in [3.63, 3.8) is 0 Å². The van der Waals surface area contributed by atoms with E-state index in [1.807, 2.05) is 13.8 Å². The van der Waals surface area contributed by atoms with E-state index in [2.05, 4.69) is 48.6 Å². The number of methoxy groups -OCH3 is 1. The van der Waals surface area contributed by atoms with Gasteiger partial charge in [0.25, 0.3) is 0 Å². The quantitative estimate of drug-likeness (QED) is 0.459. The first kappa shape index (κ1) is 26.1. The third kappa shape index (κ3) is 6.61. The zero-order chi connectivity index (χ0) is 16.3. The van der Waals surface area contributed by atoms with Crippen LogP contribution in [0.2, 0.25) is 0 Å². The molecule has 7 heteroatoms. The van der Waals surface area contributed by atoms with Crippen LogP contribution in [-0.2, 0) is 40.7 Å². The smallest absolute Gasteiger partial charge is 1.00 e. The topological polar surface area (TPSA) is 36.9 Å². The molecule has 0 aromatic carbocycles. The van der Waals surface area contributed by atoms with Gasteiger partial charge in [-0.25, -0.2) is 0 Å². The van der Waals surface area contributed by atoms with Crippen LogP contribution >= 0.6 is 0 Å². The fraction of sp³-hybridized carbons (Fsp3) is 0.579. The summed E-state index contributed by atoms with van der Waals surface area (Å²) in [4.78, 5) is 0. The zero-order valence-electron chi connectivity index (χ0n) is 15.3. The minimum Gasteiger partial charge on any atom is -1.00 e. The van der Waals surface area contributed by atoms with Gasteiger partial charge in [-0.15, -0.1) is 0 Å². The number of hydrogen-bond donors (Lipinski definition) is 0. The number of allylic oxidation sites excluding steroid dienone is 8. The molecule has 0 saturated carbocycles. The van der Waals surface area contributed by atoms with Crippen LogP contribution in [0.1, 0.15) is 26.7 Å². The Kier molecular flexibility index (Phi) is 11.9. The van der Waals surface area contributed by atoms with E-state index in [0.29, 0.717) is 5.92 Å². The molecule has 2 heterocycles. The maximum Gasteiger partial charge on any atom is 2.00 e. The molecule has 2 fully saturated rings. The van der Waals surface area contributed by atoms with Crippen LogP contribution in [-0.4, -0.2) is 37.5 Å². The van der Waals surface area contributed by atoms with Crippen molar-refractivity contribution in [2.75, 3.05) is 7.11 Å². The van der Waals surface area contributed by atoms with Gasteiger partial charge in [-0.05, 0) is 32.6 Å². The van der Waals surface area contributed by atoms with Crippen LogP contribution in [0.3, 0.4) is 0 Å². The van der Waals surface area contributed by atoms with E-state index in [1.54, 1.807) is 7.11 Å². The van der Waals surface area contributed by atoms with Gasteiger partial charge in [0, 0.05) is 7.11 Å². The Morgan fingerprint density at radius 3 is 2.04 bits per heavy atom. The summed E-state index contributed by atoms with van der Waals surface area (Å²) in [6, 6.07) is 0. The Hall–Kier alpha value is 0.0943. The standard InChI is InChI=1S/C14H20O4.C5H6.2ClH.Ti/c1-14(2)17-11-10(8-9-6-4-5-7-9)16-13(15-3)12(11)18-14;1-2-4-5-3-1;;;/h4-7,9-13H,8H2,1-3H3;1-4H,5H2;2*1H;/q;;;;+2/p-2/t10?,11?,12-,13?;;;;/m0..../s1. The minimum absolute atomic E-state index is 0. The van der Waals surface area contributed by atoms with E-state index in [-0.39, 0.29) is 71.1 Å². The second kappa shape index (κ2) is 11.8. The molecule has 0 spiro atoms. The number of halogens is 2. The van der Waals surface area contributed by atoms with Crippen molar-refractivity contribution >= 4 is 0 Å². The zero-order valence-corrected chi connectivity index (χ0v) is 18.4. The van der Waals surface area contributed by atoms with E-state index >= 15 is 0 Å². The summed E-state index contributed by atoms with van der Waals surface area (Å²) in [5.74, 6) is -0.117. The Morgan fingerprint density at radius 1 is 0.962 bits per heavy atom. The van der Waals surface area contributed by atoms with Crippen LogP contribution in [0, 0.1) is 5.92 Å². The van der Waals surface area contributed by atoms with Crippen LogP contribution < -0.4 is 24.8 Å². The van der Waals surface area contributed by atoms with Crippen molar-refractivity contribution in [2.24, 2.45) is 5.92 Å². The van der Waals surface area contributed by atoms with E-state index in [9.17, 15) is 0 Å². The van der Waals surface area contributed by atoms with Crippen LogP contribution in [0.5, 0.6) is 0 Å². The summed E-state index contributed by atoms with van der Waals surface area (Å²) in [5, 5.41) is 0. The molecule has 4 atom stereocenters. The van der Waals surface area contributed by atoms with Gasteiger partial charge in [0.2, 0.25) is 0 Å². The number of fused-ring (bicyclic) bond motifs is 1. The molecular formula is C19H26Cl2O4Ti. The Labute approximate surface area is 183 Å². The van der Waals surface area contributed by atoms with Gasteiger partial charge in [0.1, 0.15) is 12.2 Å². The first-order valence-corrected chi connectivity index (χ1v) is 8.29. The van der Waals surface area contributed by atoms with Crippen LogP contribution in [0.15, 0.2) is 48.6 Å². The normalized spacial score (nSPS) is 32.3. The summed E-state index contributed by atoms with van der Waals surface area (Å²) in [7, 11) is 1.65. The van der Waals surface area contributed by atoms with E-state index in [0.717, 1.165) is 12.8 Å². The summed E-state index contributed by atoms with van der Waals surface area (Å²) >= 11 is 0. The largest absolute Gasteiger partial charge is 2.00 e. The number of hydrogen-bond acceptors (Lipinski definition) is 4. The molecule has 2 aliphatic heterocycles. The third-order valence-electron chi connectivity index (χ3n) is 4.33. The molecular weight excluding hydrogens is 411 g/mol. The maximum atomic E-state index is 5.95. The Morgan fingerprint density at radius 2 is 1.54 bits per heavy atom. The summed E-state index contributed by atoms with van der Waals surface area (Å²) < 4.78 is 23.1. The van der Waals surface area contributed by atoms with Gasteiger partial charge in [-0.3, -0.25) is 0 Å². The molecule has 2 saturated heterocycles. The van der Waals surface area contributed by atoms with Gasteiger partial charge in [0.05, 0.1) is 6.10 Å². The van der Waals surface area contributed by atoms with Crippen LogP contribution in [0.25, 0.3) is 0 Å². The average molecular weight is 437 g/mol. The third-order valence-corrected chi connectivity index (χ3v) is 4.33. The minimum atomic E-state index is -0.546. The first-order valence-electron chi connectivity index (χ1n) is 8.29. The van der Waals surface area contributed by atoms with Crippen LogP contribution in [0.4, 0.5) is 0 Å². The summed E-state index contributed by atoms with van der Waals surface area (Å²) in [6.45, 7) is 3.87. The van der Waals surface area contributed by atoms with Gasteiger partial charge < -0.3 is 43.8 Å². The molecule has 144 valence electrons. The molecule has 0 N–H and O–H groups in total. The molecule has 0 amide bonds. The second-order valence-corrected chi connectivity index (χ2v) is 6.60. The molecule has 26 heavy (non-hydrogen) atoms. The molecule has 2 aliphatic carbocycles. The number of ether oxygens (including phenoxy) is 4. The predicted octanol–water partition coefficient (Wildman–Crippen LogP) is -2.48. The molecule has 0 bridgehead atoms. The molecule has 0 aromatic rings. The monoisotopic (exact) mass is 436 g/mol. The first-order chi connectivity index (χ1) is 11.1. The summed E-state index contributed by atoms with van der Waals surface area (Å²) in [5.41, 5.74) is 0. The van der Waals surface area contributed by atoms with Gasteiger partial charge >= 0.3 is 21.7 Å². The van der Waals surface area contributed by atoms with Gasteiger partial charge in [-0.1, -0.05) is 48.6 Å². The molecule has 4 rings (SSSR count). The van der Waals surface area contributed by atoms with Crippen molar-refractivity contribution in [3.8, 4) is 0 Å². The Balaban J connectivity index is 0.000000685. The van der Waals surface area contributed by atoms with Crippen molar-refractivity contribution < 1.29 is 65.5 Å². The SMILES string of the molecule is C1=CCC=C1.COC1OC(CC2C=CC=C2)C2OC(C)(C)O[C@H]12.[Cl-].[Cl-].[Ti+2]. The van der Waals surface area contributed by atoms with E-state index < -0.39 is 5.79 Å². The van der Waals surface area contributed by atoms with E-state index in [1.165, 1.54) is 0 Å². The molecule has 4 nitrogen and oxygen atoms in total. The Bertz CT molecular complexity index is 512. The molecule has 0 aromatic heterocycles. The average Bonchev–Trinajstić information content (AvgIpc) is 3.26. The van der Waals surface area contributed by atoms with Gasteiger partial charge in [-0.2, -0.15) is 0 Å². The van der Waals surface area contributed by atoms with Crippen molar-refractivity contribution in [1.29, 1.82) is 0 Å². The predicted molar refractivity (Wildman–Crippen MR) is 88.8 cm³/mol. The van der Waals surface area contributed by atoms with Gasteiger partial charge in [0.15, 0.2) is 12.1 Å². The fourth-order valence-corrected chi connectivity index (χ4v) is 3.32. The second-order valence-electron chi connectivity index (χ2n) is 6.60. The van der Waals surface area contributed by atoms with Crippen molar-refractivity contribution in [3.05, 3.63) is 48.6 Å². The molecule has 0 radical (unpaired) electrons. The van der Waals surface area contributed by atoms with Crippen molar-refractivity contribution in [1.82, 2.24) is 0 Å². The maximum absolute atomic E-state index is 5.95. The van der Waals surface area contributed by atoms with Crippen molar-refractivity contribution in [2.45, 2.75) is 57.1 Å². The molecule has 3 unspecified atom stereocenters. The molecule has 4 aliphatic rings. The fourth-order valence-electron chi connectivity index (χ4n) is 3.32. The summed E-state index contributed by atoms with van der Waals surface area (Å²) in [6.07, 6.45) is 18.5.